The fourth-order valence-corrected chi connectivity index (χ4v) is 7.43. The van der Waals surface area contributed by atoms with Crippen molar-refractivity contribution in [1.29, 1.82) is 0 Å². The maximum atomic E-state index is 13.9. The second-order valence-corrected chi connectivity index (χ2v) is 18.0. The lowest BCUT2D eigenvalue weighted by molar-refractivity contribution is -0.162. The van der Waals surface area contributed by atoms with Crippen molar-refractivity contribution < 1.29 is 52.8 Å². The highest BCUT2D eigenvalue weighted by Crippen LogP contribution is 2.49. The Hall–Kier alpha value is -4.01. The Labute approximate surface area is 358 Å². The number of nitrogens with zero attached hydrogens (tertiary/aromatic N) is 2. The number of carbonyl (C=O) groups excluding carboxylic acids is 5. The van der Waals surface area contributed by atoms with E-state index in [1.165, 1.54) is 49.8 Å². The third-order valence-electron chi connectivity index (χ3n) is 10.8. The number of amides is 4. The predicted octanol–water partition coefficient (Wildman–Crippen LogP) is 4.57. The number of hydrogen-bond donors (Lipinski definition) is 3. The van der Waals surface area contributed by atoms with Crippen LogP contribution in [0.2, 0.25) is 0 Å². The normalized spacial score (nSPS) is 24.3. The van der Waals surface area contributed by atoms with Gasteiger partial charge < -0.3 is 44.3 Å². The first-order valence-corrected chi connectivity index (χ1v) is 20.7. The van der Waals surface area contributed by atoms with E-state index >= 15 is 0 Å². The van der Waals surface area contributed by atoms with E-state index in [2.05, 4.69) is 17.8 Å². The highest BCUT2D eigenvalue weighted by Gasteiger charge is 2.64. The van der Waals surface area contributed by atoms with E-state index in [0.29, 0.717) is 18.6 Å². The van der Waals surface area contributed by atoms with Gasteiger partial charge in [0, 0.05) is 51.3 Å². The number of alkyl carbamates (subject to hydrolysis) is 1. The number of primary amides is 1. The Kier molecular flexibility index (Phi) is 19.1. The van der Waals surface area contributed by atoms with Crippen LogP contribution in [0.25, 0.3) is 0 Å². The Morgan fingerprint density at radius 2 is 1.88 bits per heavy atom. The van der Waals surface area contributed by atoms with E-state index in [4.69, 9.17) is 47.4 Å². The van der Waals surface area contributed by atoms with Crippen LogP contribution in [0.15, 0.2) is 46.7 Å². The molecule has 2 rings (SSSR count). The zero-order valence-electron chi connectivity index (χ0n) is 36.2. The number of nitrogens with two attached hydrogens (primary N) is 1. The summed E-state index contributed by atoms with van der Waals surface area (Å²) in [6, 6.07) is -1.05. The van der Waals surface area contributed by atoms with Crippen molar-refractivity contribution >= 4 is 53.1 Å². The SMILES string of the molecule is C#C[C@@H](OC)[C@@]1(O)CC([C@@H](C)[C@@H]2O[C@@]2(C)[C@H](CC(=O)N(C)C/C=C(\C=C(\OC)C(=C)Cl)C/C(C)=C/C)OC(=O)[C@H](C)N(C)C(=O)CCC(C)(C)SCC(N)=O)OC(=O)N1. The number of likely N-dealkylation sites (N-methyl/N-ethyl adjacent to an activating group) is 2. The van der Waals surface area contributed by atoms with Crippen LogP contribution in [0, 0.1) is 18.3 Å². The van der Waals surface area contributed by atoms with Gasteiger partial charge in [0.1, 0.15) is 29.6 Å². The van der Waals surface area contributed by atoms with Gasteiger partial charge in [-0.05, 0) is 52.2 Å². The van der Waals surface area contributed by atoms with Crippen LogP contribution < -0.4 is 11.1 Å². The molecule has 2 aliphatic heterocycles. The fraction of sp³-hybridized carbons (Fsp3) is 0.643. The summed E-state index contributed by atoms with van der Waals surface area (Å²) in [6.45, 7) is 16.6. The third-order valence-corrected chi connectivity index (χ3v) is 12.4. The first kappa shape index (κ1) is 51.1. The van der Waals surface area contributed by atoms with Crippen LogP contribution in [0.1, 0.15) is 80.6 Å². The molecule has 2 heterocycles. The second kappa shape index (κ2) is 22.0. The number of esters is 1. The second-order valence-electron chi connectivity index (χ2n) is 15.9. The van der Waals surface area contributed by atoms with Gasteiger partial charge in [-0.25, -0.2) is 9.59 Å². The van der Waals surface area contributed by atoms with Crippen LogP contribution in [0.4, 0.5) is 4.79 Å². The van der Waals surface area contributed by atoms with E-state index in [-0.39, 0.29) is 48.4 Å². The Balaban J connectivity index is 2.39. The van der Waals surface area contributed by atoms with E-state index in [1.54, 1.807) is 27.0 Å². The Morgan fingerprint density at radius 1 is 1.24 bits per heavy atom. The number of thioether (sulfide) groups is 1. The lowest BCUT2D eigenvalue weighted by Crippen LogP contribution is -2.63. The van der Waals surface area contributed by atoms with Gasteiger partial charge in [-0.2, -0.15) is 0 Å². The lowest BCUT2D eigenvalue weighted by atomic mass is 9.84. The van der Waals surface area contributed by atoms with E-state index in [1.807, 2.05) is 39.8 Å². The van der Waals surface area contributed by atoms with Crippen molar-refractivity contribution in [1.82, 2.24) is 15.1 Å². The summed E-state index contributed by atoms with van der Waals surface area (Å²) >= 11 is 7.47. The number of halogens is 1. The molecule has 17 heteroatoms. The molecule has 0 radical (unpaired) electrons. The molecule has 0 aromatic rings. The molecule has 0 aliphatic carbocycles. The van der Waals surface area contributed by atoms with Gasteiger partial charge in [0.25, 0.3) is 0 Å². The highest BCUT2D eigenvalue weighted by molar-refractivity contribution is 8.01. The monoisotopic (exact) mass is 866 g/mol. The van der Waals surface area contributed by atoms with Crippen LogP contribution >= 0.6 is 23.4 Å². The van der Waals surface area contributed by atoms with Crippen molar-refractivity contribution in [3.05, 3.63) is 46.7 Å². The number of terminal acetylenes is 1. The zero-order chi connectivity index (χ0) is 45.0. The molecule has 2 saturated heterocycles. The van der Waals surface area contributed by atoms with Gasteiger partial charge >= 0.3 is 12.1 Å². The number of allylic oxidation sites excluding steroid dienone is 5. The Morgan fingerprint density at radius 3 is 2.42 bits per heavy atom. The maximum Gasteiger partial charge on any atom is 0.409 e. The molecular weight excluding hydrogens is 804 g/mol. The minimum Gasteiger partial charge on any atom is -0.495 e. The first-order chi connectivity index (χ1) is 27.4. The number of methoxy groups -OCH3 is 2. The zero-order valence-corrected chi connectivity index (χ0v) is 37.8. The predicted molar refractivity (Wildman–Crippen MR) is 227 cm³/mol. The molecule has 0 spiro atoms. The van der Waals surface area contributed by atoms with Gasteiger partial charge in [0.15, 0.2) is 11.8 Å². The molecule has 0 bridgehead atoms. The molecule has 0 saturated carbocycles. The minimum atomic E-state index is -1.94. The number of nitrogens with one attached hydrogen (secondary N) is 1. The molecule has 2 aliphatic rings. The van der Waals surface area contributed by atoms with Gasteiger partial charge in [0.05, 0.1) is 30.4 Å². The molecule has 0 aromatic heterocycles. The summed E-state index contributed by atoms with van der Waals surface area (Å²) < 4.78 is 28.1. The topological polar surface area (TPSA) is 200 Å². The van der Waals surface area contributed by atoms with Gasteiger partial charge in [0.2, 0.25) is 17.7 Å². The summed E-state index contributed by atoms with van der Waals surface area (Å²) in [5, 5.41) is 13.8. The number of rotatable bonds is 23. The first-order valence-electron chi connectivity index (χ1n) is 19.3. The fourth-order valence-electron chi connectivity index (χ4n) is 6.52. The quantitative estimate of drug-likeness (QED) is 0.0324. The van der Waals surface area contributed by atoms with Crippen LogP contribution in [0.3, 0.4) is 0 Å². The number of epoxide rings is 1. The van der Waals surface area contributed by atoms with Crippen molar-refractivity contribution in [2.45, 2.75) is 127 Å². The average Bonchev–Trinajstić information content (AvgIpc) is 3.87. The van der Waals surface area contributed by atoms with Crippen molar-refractivity contribution in [3.8, 4) is 12.3 Å². The number of cyclic esters (lactones) is 1. The van der Waals surface area contributed by atoms with Crippen molar-refractivity contribution in [2.75, 3.05) is 40.6 Å². The van der Waals surface area contributed by atoms with Crippen LogP contribution in [-0.4, -0.2) is 132 Å². The van der Waals surface area contributed by atoms with Crippen molar-refractivity contribution in [3.63, 3.8) is 0 Å². The highest BCUT2D eigenvalue weighted by atomic mass is 35.5. The van der Waals surface area contributed by atoms with E-state index < -0.39 is 70.4 Å². The van der Waals surface area contributed by atoms with E-state index in [9.17, 15) is 29.1 Å². The molecule has 4 N–H and O–H groups in total. The summed E-state index contributed by atoms with van der Waals surface area (Å²) in [5.74, 6) is 0.298. The van der Waals surface area contributed by atoms with Crippen molar-refractivity contribution in [2.24, 2.45) is 11.7 Å². The molecule has 330 valence electrons. The summed E-state index contributed by atoms with van der Waals surface area (Å²) in [7, 11) is 5.89. The minimum absolute atomic E-state index is 0.0913. The Bertz CT molecular complexity index is 1710. The van der Waals surface area contributed by atoms with Crippen LogP contribution in [0.5, 0.6) is 0 Å². The average molecular weight is 868 g/mol. The maximum absolute atomic E-state index is 13.9. The molecule has 1 unspecified atom stereocenters. The van der Waals surface area contributed by atoms with Gasteiger partial charge in [-0.3, -0.25) is 19.7 Å². The lowest BCUT2D eigenvalue weighted by Gasteiger charge is -2.41. The number of aliphatic hydroxyl groups is 1. The largest absolute Gasteiger partial charge is 0.495 e. The molecule has 8 atom stereocenters. The molecule has 4 amide bonds. The van der Waals surface area contributed by atoms with Gasteiger partial charge in [-0.15, -0.1) is 18.2 Å². The molecular formula is C42H63ClN4O11S. The third kappa shape index (κ3) is 14.6. The van der Waals surface area contributed by atoms with E-state index in [0.717, 1.165) is 11.1 Å². The summed E-state index contributed by atoms with van der Waals surface area (Å²) in [6.07, 6.45) is 6.89. The summed E-state index contributed by atoms with van der Waals surface area (Å²) in [4.78, 5) is 67.7. The number of hydrogen-bond acceptors (Lipinski definition) is 12. The molecule has 59 heavy (non-hydrogen) atoms. The molecule has 2 fully saturated rings. The number of ether oxygens (including phenoxy) is 5. The van der Waals surface area contributed by atoms with Gasteiger partial charge in [-0.1, -0.05) is 62.6 Å². The summed E-state index contributed by atoms with van der Waals surface area (Å²) in [5.41, 5.74) is 4.00. The van der Waals surface area contributed by atoms with Crippen LogP contribution in [-0.2, 0) is 42.9 Å². The number of carbonyl (C=O) groups is 5. The molecule has 0 aromatic carbocycles. The standard InChI is InChI=1S/C42H63ClN4O11S/c1-14-25(3)20-29(21-30(54-12)27(5)43)17-19-46(10)36(50)22-33(57-38(51)28(6)47(11)35(49)16-18-40(7,8)59-24-34(44)48)41(9)37(58-41)26(4)31-23-42(53,32(15-2)55-13)45-39(52)56-31/h2,14,17,21,26,28,31-33,37,53H,5,16,18-20,22-24H2,1,3-4,6-13H3,(H2,44,48)(H,45,52)/b25-14+,29-17-,30-21+/t26-,28+,31?,32-,33+,37+,41+,42+/m1/s1. The molecule has 15 nitrogen and oxygen atoms in total. The smallest absolute Gasteiger partial charge is 0.409 e.